The quantitative estimate of drug-likeness (QED) is 0.777. The number of para-hydroxylation sites is 1. The van der Waals surface area contributed by atoms with Gasteiger partial charge in [-0.15, -0.1) is 0 Å². The van der Waals surface area contributed by atoms with Gasteiger partial charge in [-0.2, -0.15) is 0 Å². The molecule has 1 aliphatic rings. The van der Waals surface area contributed by atoms with Crippen LogP contribution in [0.15, 0.2) is 46.4 Å². The summed E-state index contributed by atoms with van der Waals surface area (Å²) < 4.78 is 27.3. The molecule has 1 heterocycles. The van der Waals surface area contributed by atoms with Gasteiger partial charge in [-0.1, -0.05) is 18.2 Å². The highest BCUT2D eigenvalue weighted by Crippen LogP contribution is 2.13. The van der Waals surface area contributed by atoms with Crippen molar-refractivity contribution in [2.24, 2.45) is 4.99 Å². The van der Waals surface area contributed by atoms with Gasteiger partial charge in [0.2, 0.25) is 9.84 Å². The Morgan fingerprint density at radius 2 is 1.93 bits per heavy atom. The third-order valence-electron chi connectivity index (χ3n) is 1.80. The first-order chi connectivity index (χ1) is 7.16. The largest absolute Gasteiger partial charge is 0.487 e. The summed E-state index contributed by atoms with van der Waals surface area (Å²) in [4.78, 5) is 3.73. The van der Waals surface area contributed by atoms with Crippen molar-refractivity contribution >= 4 is 15.4 Å². The number of hydrogen-bond acceptors (Lipinski definition) is 4. The fourth-order valence-corrected chi connectivity index (χ4v) is 1.99. The van der Waals surface area contributed by atoms with E-state index in [1.165, 1.54) is 0 Å². The fourth-order valence-electron chi connectivity index (χ4n) is 1.14. The zero-order valence-electron chi connectivity index (χ0n) is 7.83. The molecule has 0 atom stereocenters. The summed E-state index contributed by atoms with van der Waals surface area (Å²) in [6.45, 7) is 0.166. The van der Waals surface area contributed by atoms with Gasteiger partial charge in [0.15, 0.2) is 0 Å². The van der Waals surface area contributed by atoms with Crippen molar-refractivity contribution in [1.82, 2.24) is 0 Å². The number of hydrogen-bond donors (Lipinski definition) is 0. The van der Waals surface area contributed by atoms with Gasteiger partial charge in [0.1, 0.15) is 17.9 Å². The Bertz CT molecular complexity index is 503. The maximum absolute atomic E-state index is 11.0. The maximum atomic E-state index is 11.0. The molecular weight excluding hydrogens is 214 g/mol. The molecule has 0 bridgehead atoms. The van der Waals surface area contributed by atoms with Crippen LogP contribution in [0.3, 0.4) is 0 Å². The Morgan fingerprint density at radius 3 is 2.53 bits per heavy atom. The lowest BCUT2D eigenvalue weighted by molar-refractivity contribution is 0.351. The minimum atomic E-state index is -3.23. The lowest BCUT2D eigenvalue weighted by atomic mass is 10.3. The number of sulfone groups is 1. The third kappa shape index (κ3) is 2.66. The van der Waals surface area contributed by atoms with Gasteiger partial charge in [0.25, 0.3) is 0 Å². The Kier molecular flexibility index (Phi) is 2.55. The van der Waals surface area contributed by atoms with E-state index in [1.807, 2.05) is 18.2 Å². The molecule has 78 valence electrons. The molecule has 4 nitrogen and oxygen atoms in total. The minimum absolute atomic E-state index is 0.166. The Hall–Kier alpha value is -1.62. The number of benzene rings is 1. The van der Waals surface area contributed by atoms with E-state index in [-0.39, 0.29) is 6.61 Å². The van der Waals surface area contributed by atoms with Crippen molar-refractivity contribution in [3.05, 3.63) is 41.4 Å². The summed E-state index contributed by atoms with van der Waals surface area (Å²) in [6, 6.07) is 9.17. The first kappa shape index (κ1) is 9.92. The van der Waals surface area contributed by atoms with E-state index in [0.29, 0.717) is 11.4 Å². The van der Waals surface area contributed by atoms with Crippen molar-refractivity contribution in [2.75, 3.05) is 6.61 Å². The molecule has 0 aromatic heterocycles. The van der Waals surface area contributed by atoms with Gasteiger partial charge in [0.05, 0.1) is 11.1 Å². The molecule has 1 aromatic carbocycles. The number of aliphatic imine (C=N–C) groups is 1. The molecule has 1 aromatic rings. The van der Waals surface area contributed by atoms with Crippen molar-refractivity contribution in [2.45, 2.75) is 0 Å². The van der Waals surface area contributed by atoms with Crippen molar-refractivity contribution in [1.29, 1.82) is 0 Å². The normalized spacial score (nSPS) is 17.5. The van der Waals surface area contributed by atoms with Gasteiger partial charge in [-0.05, 0) is 12.1 Å². The average molecular weight is 223 g/mol. The predicted molar refractivity (Wildman–Crippen MR) is 57.4 cm³/mol. The lowest BCUT2D eigenvalue weighted by Gasteiger charge is -2.03. The molecule has 0 radical (unpaired) electrons. The van der Waals surface area contributed by atoms with Crippen LogP contribution in [0.4, 0.5) is 0 Å². The maximum Gasteiger partial charge on any atom is 0.212 e. The molecular formula is C10H9NO3S. The van der Waals surface area contributed by atoms with Crippen LogP contribution in [0, 0.1) is 0 Å². The third-order valence-corrected chi connectivity index (χ3v) is 2.80. The summed E-state index contributed by atoms with van der Waals surface area (Å²) in [7, 11) is -3.23. The summed E-state index contributed by atoms with van der Waals surface area (Å²) in [5.41, 5.74) is 1.34. The van der Waals surface area contributed by atoms with Crippen molar-refractivity contribution in [3.63, 3.8) is 0 Å². The van der Waals surface area contributed by atoms with E-state index in [1.54, 1.807) is 12.1 Å². The van der Waals surface area contributed by atoms with Crippen LogP contribution < -0.4 is 4.74 Å². The molecule has 0 saturated heterocycles. The second-order valence-electron chi connectivity index (χ2n) is 3.03. The first-order valence-electron chi connectivity index (χ1n) is 4.33. The molecule has 0 unspecified atom stereocenters. The highest BCUT2D eigenvalue weighted by molar-refractivity contribution is 8.07. The molecule has 0 fully saturated rings. The molecule has 1 aliphatic heterocycles. The molecule has 0 amide bonds. The summed E-state index contributed by atoms with van der Waals surface area (Å²) >= 11 is 0. The minimum Gasteiger partial charge on any atom is -0.487 e. The molecule has 0 N–H and O–H groups in total. The van der Waals surface area contributed by atoms with Crippen LogP contribution in [0.25, 0.3) is 0 Å². The highest BCUT2D eigenvalue weighted by Gasteiger charge is 2.12. The zero-order valence-corrected chi connectivity index (χ0v) is 8.65. The van der Waals surface area contributed by atoms with Crippen molar-refractivity contribution in [3.8, 4) is 5.75 Å². The van der Waals surface area contributed by atoms with Crippen LogP contribution in [-0.4, -0.2) is 20.6 Å². The second-order valence-corrected chi connectivity index (χ2v) is 4.66. The summed E-state index contributed by atoms with van der Waals surface area (Å²) in [5.74, 6) is 0.692. The number of rotatable bonds is 3. The van der Waals surface area contributed by atoms with Gasteiger partial charge >= 0.3 is 0 Å². The molecule has 0 saturated carbocycles. The smallest absolute Gasteiger partial charge is 0.212 e. The molecule has 0 aliphatic carbocycles. The van der Waals surface area contributed by atoms with E-state index in [4.69, 9.17) is 4.74 Å². The van der Waals surface area contributed by atoms with Crippen LogP contribution in [0.5, 0.6) is 5.75 Å². The van der Waals surface area contributed by atoms with Crippen LogP contribution >= 0.6 is 0 Å². The van der Waals surface area contributed by atoms with Crippen LogP contribution in [0.1, 0.15) is 0 Å². The summed E-state index contributed by atoms with van der Waals surface area (Å²) in [6.07, 6.45) is 0. The SMILES string of the molecule is O=S1(=O)C=NC(COc2ccccc2)=C1. The number of ether oxygens (including phenoxy) is 1. The van der Waals surface area contributed by atoms with E-state index in [9.17, 15) is 8.42 Å². The Balaban J connectivity index is 1.99. The van der Waals surface area contributed by atoms with E-state index >= 15 is 0 Å². The predicted octanol–water partition coefficient (Wildman–Crippen LogP) is 1.36. The molecule has 5 heteroatoms. The van der Waals surface area contributed by atoms with E-state index in [0.717, 1.165) is 11.0 Å². The zero-order chi connectivity index (χ0) is 10.7. The van der Waals surface area contributed by atoms with Crippen LogP contribution in [-0.2, 0) is 9.84 Å². The van der Waals surface area contributed by atoms with E-state index in [2.05, 4.69) is 4.99 Å². The first-order valence-corrected chi connectivity index (χ1v) is 5.94. The lowest BCUT2D eigenvalue weighted by Crippen LogP contribution is -1.98. The van der Waals surface area contributed by atoms with Crippen molar-refractivity contribution < 1.29 is 13.2 Å². The highest BCUT2D eigenvalue weighted by atomic mass is 32.2. The fraction of sp³-hybridized carbons (Fsp3) is 0.100. The van der Waals surface area contributed by atoms with E-state index < -0.39 is 9.84 Å². The monoisotopic (exact) mass is 223 g/mol. The standard InChI is InChI=1S/C10H9NO3S/c12-15(13)7-9(11-8-15)6-14-10-4-2-1-3-5-10/h1-5,7-8H,6H2. The van der Waals surface area contributed by atoms with Gasteiger partial charge in [-0.3, -0.25) is 0 Å². The molecule has 15 heavy (non-hydrogen) atoms. The van der Waals surface area contributed by atoms with Crippen LogP contribution in [0.2, 0.25) is 0 Å². The van der Waals surface area contributed by atoms with Gasteiger partial charge in [-0.25, -0.2) is 13.4 Å². The topological polar surface area (TPSA) is 55.7 Å². The number of nitrogens with zero attached hydrogens (tertiary/aromatic N) is 1. The Labute approximate surface area is 87.8 Å². The molecule has 0 spiro atoms. The Morgan fingerprint density at radius 1 is 1.20 bits per heavy atom. The molecule has 2 rings (SSSR count). The van der Waals surface area contributed by atoms with Gasteiger partial charge < -0.3 is 4.74 Å². The van der Waals surface area contributed by atoms with Gasteiger partial charge in [0, 0.05) is 0 Å². The second kappa shape index (κ2) is 3.86. The summed E-state index contributed by atoms with van der Waals surface area (Å²) in [5, 5.41) is 1.11. The average Bonchev–Trinajstić information content (AvgIpc) is 2.57.